The molecule has 8 heteroatoms. The maximum atomic E-state index is 11.7. The first-order chi connectivity index (χ1) is 11.0. The zero-order valence-electron chi connectivity index (χ0n) is 12.8. The van der Waals surface area contributed by atoms with Gasteiger partial charge in [0.15, 0.2) is 0 Å². The van der Waals surface area contributed by atoms with Gasteiger partial charge in [-0.2, -0.15) is 5.26 Å². The molecule has 0 atom stereocenters. The minimum absolute atomic E-state index is 0.0108. The number of hydrogen-bond acceptors (Lipinski definition) is 7. The number of anilines is 1. The molecule has 0 unspecified atom stereocenters. The Kier molecular flexibility index (Phi) is 5.82. The molecular formula is C15H18N4O3S. The van der Waals surface area contributed by atoms with Crippen molar-refractivity contribution in [3.63, 3.8) is 0 Å². The van der Waals surface area contributed by atoms with Crippen LogP contribution in [-0.2, 0) is 9.53 Å². The number of nitriles is 1. The van der Waals surface area contributed by atoms with Crippen molar-refractivity contribution in [1.82, 2.24) is 10.3 Å². The Balaban J connectivity index is 2.03. The molecule has 1 saturated carbocycles. The number of hydrogen-bond donors (Lipinski definition) is 2. The van der Waals surface area contributed by atoms with Crippen molar-refractivity contribution < 1.29 is 14.3 Å². The van der Waals surface area contributed by atoms with Crippen molar-refractivity contribution in [2.24, 2.45) is 5.92 Å². The molecule has 2 rings (SSSR count). The first kappa shape index (κ1) is 17.1. The van der Waals surface area contributed by atoms with E-state index in [1.165, 1.54) is 18.9 Å². The van der Waals surface area contributed by atoms with E-state index < -0.39 is 5.97 Å². The number of carbonyl (C=O) groups is 2. The van der Waals surface area contributed by atoms with Crippen LogP contribution in [0.1, 0.15) is 35.7 Å². The molecule has 1 amide bonds. The third kappa shape index (κ3) is 4.86. The Morgan fingerprint density at radius 1 is 1.57 bits per heavy atom. The largest absolute Gasteiger partial charge is 0.462 e. The van der Waals surface area contributed by atoms with Crippen molar-refractivity contribution in [2.45, 2.75) is 24.8 Å². The molecule has 0 spiro atoms. The highest BCUT2D eigenvalue weighted by Crippen LogP contribution is 2.28. The molecule has 122 valence electrons. The minimum atomic E-state index is -0.618. The lowest BCUT2D eigenvalue weighted by Crippen LogP contribution is -2.27. The van der Waals surface area contributed by atoms with Crippen LogP contribution in [0.2, 0.25) is 0 Å². The van der Waals surface area contributed by atoms with Gasteiger partial charge in [0.05, 0.1) is 17.9 Å². The Hall–Kier alpha value is -2.27. The third-order valence-electron chi connectivity index (χ3n) is 3.26. The van der Waals surface area contributed by atoms with Gasteiger partial charge >= 0.3 is 5.97 Å². The van der Waals surface area contributed by atoms with Gasteiger partial charge in [-0.05, 0) is 31.7 Å². The van der Waals surface area contributed by atoms with Gasteiger partial charge in [0.25, 0.3) is 0 Å². The summed E-state index contributed by atoms with van der Waals surface area (Å²) in [6.07, 6.45) is 2.33. The molecular weight excluding hydrogens is 316 g/mol. The minimum Gasteiger partial charge on any atom is -0.462 e. The number of esters is 1. The molecule has 1 aromatic rings. The molecule has 0 radical (unpaired) electrons. The molecule has 1 aliphatic rings. The van der Waals surface area contributed by atoms with Gasteiger partial charge in [0.2, 0.25) is 5.91 Å². The van der Waals surface area contributed by atoms with Gasteiger partial charge < -0.3 is 15.8 Å². The Labute approximate surface area is 138 Å². The van der Waals surface area contributed by atoms with E-state index in [0.29, 0.717) is 17.5 Å². The zero-order chi connectivity index (χ0) is 16.8. The predicted octanol–water partition coefficient (Wildman–Crippen LogP) is 1.33. The van der Waals surface area contributed by atoms with E-state index in [1.807, 2.05) is 6.07 Å². The number of amides is 1. The van der Waals surface area contributed by atoms with Crippen molar-refractivity contribution in [2.75, 3.05) is 24.6 Å². The highest BCUT2D eigenvalue weighted by molar-refractivity contribution is 8.00. The molecule has 7 nitrogen and oxygen atoms in total. The van der Waals surface area contributed by atoms with E-state index in [4.69, 9.17) is 10.5 Å². The van der Waals surface area contributed by atoms with Gasteiger partial charge in [0.1, 0.15) is 22.5 Å². The monoisotopic (exact) mass is 334 g/mol. The summed E-state index contributed by atoms with van der Waals surface area (Å²) in [6, 6.07) is 3.32. The average molecular weight is 334 g/mol. The fourth-order valence-electron chi connectivity index (χ4n) is 1.84. The average Bonchev–Trinajstić information content (AvgIpc) is 3.35. The molecule has 3 N–H and O–H groups in total. The number of nitrogens with two attached hydrogens (primary N) is 1. The fraction of sp³-hybridized carbons (Fsp3) is 0.467. The van der Waals surface area contributed by atoms with Crippen LogP contribution in [0.3, 0.4) is 0 Å². The van der Waals surface area contributed by atoms with Crippen LogP contribution >= 0.6 is 11.8 Å². The molecule has 23 heavy (non-hydrogen) atoms. The first-order valence-electron chi connectivity index (χ1n) is 7.32. The van der Waals surface area contributed by atoms with Gasteiger partial charge in [-0.1, -0.05) is 11.8 Å². The smallest absolute Gasteiger partial charge is 0.341 e. The van der Waals surface area contributed by atoms with Gasteiger partial charge in [-0.15, -0.1) is 0 Å². The number of thioether (sulfide) groups is 1. The highest BCUT2D eigenvalue weighted by atomic mass is 32.2. The number of nitrogens with one attached hydrogen (secondary N) is 1. The summed E-state index contributed by atoms with van der Waals surface area (Å²) in [5.74, 6) is 0.0139. The summed E-state index contributed by atoms with van der Waals surface area (Å²) in [5.41, 5.74) is 6.01. The lowest BCUT2D eigenvalue weighted by atomic mass is 10.2. The van der Waals surface area contributed by atoms with Crippen molar-refractivity contribution in [3.8, 4) is 6.07 Å². The van der Waals surface area contributed by atoms with Gasteiger partial charge in [0, 0.05) is 6.54 Å². The SMILES string of the molecule is CCOC(=O)c1cc(C#N)c(SCC(=O)NCC2CC2)nc1N. The topological polar surface area (TPSA) is 118 Å². The van der Waals surface area contributed by atoms with Crippen LogP contribution in [0.15, 0.2) is 11.1 Å². The van der Waals surface area contributed by atoms with Gasteiger partial charge in [-0.3, -0.25) is 4.79 Å². The number of aromatic nitrogens is 1. The second-order valence-corrected chi connectivity index (χ2v) is 6.11. The summed E-state index contributed by atoms with van der Waals surface area (Å²) < 4.78 is 4.87. The third-order valence-corrected chi connectivity index (χ3v) is 4.25. The van der Waals surface area contributed by atoms with Crippen LogP contribution in [0.4, 0.5) is 5.82 Å². The van der Waals surface area contributed by atoms with E-state index >= 15 is 0 Å². The number of nitrogens with zero attached hydrogens (tertiary/aromatic N) is 2. The summed E-state index contributed by atoms with van der Waals surface area (Å²) >= 11 is 1.12. The van der Waals surface area contributed by atoms with E-state index in [2.05, 4.69) is 10.3 Å². The summed E-state index contributed by atoms with van der Waals surface area (Å²) in [5, 5.41) is 12.4. The second kappa shape index (κ2) is 7.83. The van der Waals surface area contributed by atoms with Crippen LogP contribution < -0.4 is 11.1 Å². The zero-order valence-corrected chi connectivity index (χ0v) is 13.6. The van der Waals surface area contributed by atoms with E-state index in [0.717, 1.165) is 11.8 Å². The van der Waals surface area contributed by atoms with Crippen molar-refractivity contribution in [3.05, 3.63) is 17.2 Å². The van der Waals surface area contributed by atoms with Gasteiger partial charge in [-0.25, -0.2) is 9.78 Å². The summed E-state index contributed by atoms with van der Waals surface area (Å²) in [6.45, 7) is 2.58. The number of rotatable bonds is 7. The normalized spacial score (nSPS) is 13.2. The van der Waals surface area contributed by atoms with Crippen LogP contribution in [0.25, 0.3) is 0 Å². The van der Waals surface area contributed by atoms with Crippen LogP contribution in [0.5, 0.6) is 0 Å². The lowest BCUT2D eigenvalue weighted by Gasteiger charge is -2.09. The standard InChI is InChI=1S/C15H18N4O3S/c1-2-22-15(21)11-5-10(6-16)14(19-13(11)17)23-8-12(20)18-7-9-3-4-9/h5,9H,2-4,7-8H2,1H3,(H2,17,19)(H,18,20). The van der Waals surface area contributed by atoms with Crippen LogP contribution in [-0.4, -0.2) is 35.8 Å². The molecule has 1 heterocycles. The van der Waals surface area contributed by atoms with E-state index in [-0.39, 0.29) is 35.2 Å². The molecule has 0 saturated heterocycles. The van der Waals surface area contributed by atoms with Crippen LogP contribution in [0, 0.1) is 17.2 Å². The predicted molar refractivity (Wildman–Crippen MR) is 85.8 cm³/mol. The fourth-order valence-corrected chi connectivity index (χ4v) is 2.63. The number of pyridine rings is 1. The Morgan fingerprint density at radius 3 is 2.91 bits per heavy atom. The maximum absolute atomic E-state index is 11.7. The Bertz CT molecular complexity index is 653. The molecule has 0 bridgehead atoms. The molecule has 1 aliphatic carbocycles. The Morgan fingerprint density at radius 2 is 2.30 bits per heavy atom. The molecule has 0 aliphatic heterocycles. The molecule has 1 aromatic heterocycles. The van der Waals surface area contributed by atoms with E-state index in [9.17, 15) is 14.9 Å². The van der Waals surface area contributed by atoms with Crippen molar-refractivity contribution >= 4 is 29.5 Å². The maximum Gasteiger partial charge on any atom is 0.341 e. The number of ether oxygens (including phenoxy) is 1. The lowest BCUT2D eigenvalue weighted by molar-refractivity contribution is -0.118. The number of nitrogen functional groups attached to an aromatic ring is 1. The number of carbonyl (C=O) groups excluding carboxylic acids is 2. The highest BCUT2D eigenvalue weighted by Gasteiger charge is 2.22. The summed E-state index contributed by atoms with van der Waals surface area (Å²) in [7, 11) is 0. The molecule has 0 aromatic carbocycles. The second-order valence-electron chi connectivity index (χ2n) is 5.14. The van der Waals surface area contributed by atoms with E-state index in [1.54, 1.807) is 6.92 Å². The summed E-state index contributed by atoms with van der Waals surface area (Å²) in [4.78, 5) is 27.6. The first-order valence-corrected chi connectivity index (χ1v) is 8.31. The quantitative estimate of drug-likeness (QED) is 0.570. The van der Waals surface area contributed by atoms with Crippen molar-refractivity contribution in [1.29, 1.82) is 5.26 Å². The molecule has 1 fully saturated rings.